The predicted molar refractivity (Wildman–Crippen MR) is 85.8 cm³/mol. The van der Waals surface area contributed by atoms with Gasteiger partial charge in [-0.15, -0.1) is 0 Å². The van der Waals surface area contributed by atoms with E-state index in [1.54, 1.807) is 18.2 Å². The molecule has 1 aromatic carbocycles. The van der Waals surface area contributed by atoms with Gasteiger partial charge in [-0.05, 0) is 43.9 Å². The average Bonchev–Trinajstić information content (AvgIpc) is 2.53. The maximum atomic E-state index is 12.3. The van der Waals surface area contributed by atoms with Crippen molar-refractivity contribution in [1.29, 1.82) is 5.26 Å². The number of nitriles is 1. The summed E-state index contributed by atoms with van der Waals surface area (Å²) in [6, 6.07) is 7.30. The summed E-state index contributed by atoms with van der Waals surface area (Å²) in [6.07, 6.45) is 2.26. The number of hydrogen-bond donors (Lipinski definition) is 1. The summed E-state index contributed by atoms with van der Waals surface area (Å²) < 4.78 is 5.53. The normalized spacial score (nSPS) is 17.7. The number of benzene rings is 1. The molecule has 1 N–H and O–H groups in total. The number of rotatable bonds is 5. The van der Waals surface area contributed by atoms with Crippen LogP contribution in [-0.2, 0) is 4.79 Å². The Balaban J connectivity index is 2.00. The van der Waals surface area contributed by atoms with Crippen molar-refractivity contribution in [3.63, 3.8) is 0 Å². The molecule has 118 valence electrons. The lowest BCUT2D eigenvalue weighted by molar-refractivity contribution is -0.130. The fourth-order valence-corrected chi connectivity index (χ4v) is 2.72. The fourth-order valence-electron chi connectivity index (χ4n) is 2.72. The van der Waals surface area contributed by atoms with Gasteiger partial charge in [-0.2, -0.15) is 5.26 Å². The zero-order valence-electron chi connectivity index (χ0n) is 13.3. The zero-order valence-corrected chi connectivity index (χ0v) is 13.3. The van der Waals surface area contributed by atoms with Crippen molar-refractivity contribution in [2.75, 3.05) is 31.6 Å². The Kier molecular flexibility index (Phi) is 5.65. The average molecular weight is 301 g/mol. The Bertz CT molecular complexity index is 566. The molecule has 1 aromatic rings. The van der Waals surface area contributed by atoms with Crippen molar-refractivity contribution in [2.24, 2.45) is 5.92 Å². The van der Waals surface area contributed by atoms with Crippen molar-refractivity contribution in [3.8, 4) is 11.8 Å². The van der Waals surface area contributed by atoms with Gasteiger partial charge in [-0.25, -0.2) is 0 Å². The minimum atomic E-state index is 0.0939. The molecule has 0 aromatic heterocycles. The fraction of sp³-hybridized carbons (Fsp3) is 0.529. The number of nitrogens with one attached hydrogen (secondary N) is 1. The Hall–Kier alpha value is -2.22. The smallest absolute Gasteiger partial charge is 0.241 e. The molecule has 0 unspecified atom stereocenters. The number of likely N-dealkylation sites (tertiary alicyclic amines) is 1. The summed E-state index contributed by atoms with van der Waals surface area (Å²) in [5.41, 5.74) is 1.24. The van der Waals surface area contributed by atoms with Crippen molar-refractivity contribution in [2.45, 2.75) is 26.7 Å². The molecule has 22 heavy (non-hydrogen) atoms. The highest BCUT2D eigenvalue weighted by Crippen LogP contribution is 2.25. The monoisotopic (exact) mass is 301 g/mol. The van der Waals surface area contributed by atoms with Crippen LogP contribution in [0.3, 0.4) is 0 Å². The van der Waals surface area contributed by atoms with Gasteiger partial charge in [0.2, 0.25) is 5.91 Å². The van der Waals surface area contributed by atoms with Crippen LogP contribution in [0.15, 0.2) is 18.2 Å². The minimum Gasteiger partial charge on any atom is -0.492 e. The highest BCUT2D eigenvalue weighted by molar-refractivity contribution is 5.81. The van der Waals surface area contributed by atoms with Crippen LogP contribution in [0, 0.1) is 17.2 Å². The van der Waals surface area contributed by atoms with Gasteiger partial charge in [0.05, 0.1) is 30.5 Å². The largest absolute Gasteiger partial charge is 0.492 e. The van der Waals surface area contributed by atoms with Crippen molar-refractivity contribution in [3.05, 3.63) is 23.8 Å². The quantitative estimate of drug-likeness (QED) is 0.908. The van der Waals surface area contributed by atoms with E-state index in [9.17, 15) is 4.79 Å². The predicted octanol–water partition coefficient (Wildman–Crippen LogP) is 2.63. The number of amides is 1. The first-order valence-electron chi connectivity index (χ1n) is 7.82. The molecule has 1 fully saturated rings. The van der Waals surface area contributed by atoms with Crippen molar-refractivity contribution >= 4 is 11.6 Å². The van der Waals surface area contributed by atoms with E-state index in [4.69, 9.17) is 10.00 Å². The van der Waals surface area contributed by atoms with Gasteiger partial charge in [0, 0.05) is 13.1 Å². The second kappa shape index (κ2) is 7.69. The Labute approximate surface area is 131 Å². The molecule has 0 aliphatic carbocycles. The van der Waals surface area contributed by atoms with E-state index >= 15 is 0 Å². The first kappa shape index (κ1) is 16.2. The highest BCUT2D eigenvalue weighted by Gasteiger charge is 2.20. The van der Waals surface area contributed by atoms with E-state index in [-0.39, 0.29) is 12.5 Å². The minimum absolute atomic E-state index is 0.0939. The third-order valence-corrected chi connectivity index (χ3v) is 3.85. The summed E-state index contributed by atoms with van der Waals surface area (Å²) in [6.45, 7) is 6.51. The van der Waals surface area contributed by atoms with Crippen molar-refractivity contribution in [1.82, 2.24) is 4.90 Å². The van der Waals surface area contributed by atoms with E-state index in [2.05, 4.69) is 18.3 Å². The summed E-state index contributed by atoms with van der Waals surface area (Å²) in [4.78, 5) is 14.2. The van der Waals surface area contributed by atoms with Crippen LogP contribution >= 0.6 is 0 Å². The van der Waals surface area contributed by atoms with E-state index in [1.807, 2.05) is 11.8 Å². The molecule has 5 nitrogen and oxygen atoms in total. The molecule has 5 heteroatoms. The maximum Gasteiger partial charge on any atom is 0.241 e. The molecule has 1 atom stereocenters. The lowest BCUT2D eigenvalue weighted by atomic mass is 10.0. The molecule has 1 aliphatic rings. The molecule has 0 bridgehead atoms. The Morgan fingerprint density at radius 3 is 3.05 bits per heavy atom. The SMILES string of the molecule is CCOc1ccc(C#N)cc1NCC(=O)N1CCC[C@@H](C)C1. The van der Waals surface area contributed by atoms with Crippen LogP contribution in [0.1, 0.15) is 32.3 Å². The van der Waals surface area contributed by atoms with Gasteiger partial charge in [0.25, 0.3) is 0 Å². The standard InChI is InChI=1S/C17H23N3O2/c1-3-22-16-7-6-14(10-18)9-15(16)19-11-17(21)20-8-4-5-13(2)12-20/h6-7,9,13,19H,3-5,8,11-12H2,1-2H3/t13-/m1/s1. The molecule has 1 saturated heterocycles. The van der Waals surface area contributed by atoms with Gasteiger partial charge < -0.3 is 15.0 Å². The number of nitrogens with zero attached hydrogens (tertiary/aromatic N) is 2. The number of ether oxygens (including phenoxy) is 1. The third kappa shape index (κ3) is 4.14. The number of carbonyl (C=O) groups is 1. The first-order valence-corrected chi connectivity index (χ1v) is 7.82. The van der Waals surface area contributed by atoms with E-state index in [1.165, 1.54) is 6.42 Å². The van der Waals surface area contributed by atoms with E-state index in [0.29, 0.717) is 29.5 Å². The molecule has 1 amide bonds. The van der Waals surface area contributed by atoms with Crippen LogP contribution in [-0.4, -0.2) is 37.0 Å². The number of piperidine rings is 1. The molecule has 0 spiro atoms. The van der Waals surface area contributed by atoms with Crippen LogP contribution in [0.4, 0.5) is 5.69 Å². The second-order valence-electron chi connectivity index (χ2n) is 5.70. The van der Waals surface area contributed by atoms with E-state index < -0.39 is 0 Å². The number of anilines is 1. The third-order valence-electron chi connectivity index (χ3n) is 3.85. The first-order chi connectivity index (χ1) is 10.6. The van der Waals surface area contributed by atoms with Gasteiger partial charge >= 0.3 is 0 Å². The summed E-state index contributed by atoms with van der Waals surface area (Å²) >= 11 is 0. The lowest BCUT2D eigenvalue weighted by Crippen LogP contribution is -2.41. The lowest BCUT2D eigenvalue weighted by Gasteiger charge is -2.31. The van der Waals surface area contributed by atoms with Crippen LogP contribution in [0.2, 0.25) is 0 Å². The van der Waals surface area contributed by atoms with Gasteiger partial charge in [0.15, 0.2) is 0 Å². The van der Waals surface area contributed by atoms with E-state index in [0.717, 1.165) is 19.5 Å². The zero-order chi connectivity index (χ0) is 15.9. The highest BCUT2D eigenvalue weighted by atomic mass is 16.5. The van der Waals surface area contributed by atoms with Gasteiger partial charge in [-0.1, -0.05) is 6.92 Å². The second-order valence-corrected chi connectivity index (χ2v) is 5.70. The molecule has 0 radical (unpaired) electrons. The Morgan fingerprint density at radius 2 is 2.36 bits per heavy atom. The molecule has 1 aliphatic heterocycles. The van der Waals surface area contributed by atoms with Crippen LogP contribution < -0.4 is 10.1 Å². The summed E-state index contributed by atoms with van der Waals surface area (Å²) in [5, 5.41) is 12.1. The molecule has 0 saturated carbocycles. The molecule has 2 rings (SSSR count). The van der Waals surface area contributed by atoms with Crippen LogP contribution in [0.25, 0.3) is 0 Å². The van der Waals surface area contributed by atoms with Crippen molar-refractivity contribution < 1.29 is 9.53 Å². The molecule has 1 heterocycles. The van der Waals surface area contributed by atoms with Gasteiger partial charge in [0.1, 0.15) is 5.75 Å². The summed E-state index contributed by atoms with van der Waals surface area (Å²) in [5.74, 6) is 1.33. The maximum absolute atomic E-state index is 12.3. The number of hydrogen-bond acceptors (Lipinski definition) is 4. The van der Waals surface area contributed by atoms with Gasteiger partial charge in [-0.3, -0.25) is 4.79 Å². The molecular formula is C17H23N3O2. The summed E-state index contributed by atoms with van der Waals surface area (Å²) in [7, 11) is 0. The topological polar surface area (TPSA) is 65.4 Å². The molecular weight excluding hydrogens is 278 g/mol. The van der Waals surface area contributed by atoms with Crippen LogP contribution in [0.5, 0.6) is 5.75 Å². The number of carbonyl (C=O) groups excluding carboxylic acids is 1. The Morgan fingerprint density at radius 1 is 1.55 bits per heavy atom.